The number of fused-ring (bicyclic) bond motifs is 1. The number of hydrogen-bond donors (Lipinski definition) is 1. The van der Waals surface area contributed by atoms with E-state index in [1.165, 1.54) is 6.07 Å². The molecule has 5 nitrogen and oxygen atoms in total. The van der Waals surface area contributed by atoms with E-state index in [9.17, 15) is 17.6 Å². The highest BCUT2D eigenvalue weighted by atomic mass is 19.4. The van der Waals surface area contributed by atoms with Gasteiger partial charge in [-0.15, -0.1) is 13.2 Å². The smallest absolute Gasteiger partial charge is 0.405 e. The van der Waals surface area contributed by atoms with E-state index in [0.29, 0.717) is 11.6 Å². The van der Waals surface area contributed by atoms with E-state index in [0.717, 1.165) is 31.5 Å². The van der Waals surface area contributed by atoms with Gasteiger partial charge in [-0.3, -0.25) is 0 Å². The van der Waals surface area contributed by atoms with Gasteiger partial charge in [0.05, 0.1) is 6.04 Å². The van der Waals surface area contributed by atoms with Crippen LogP contribution in [-0.2, 0) is 13.1 Å². The molecule has 1 aliphatic heterocycles. The summed E-state index contributed by atoms with van der Waals surface area (Å²) in [6.45, 7) is 2.42. The fourth-order valence-electron chi connectivity index (χ4n) is 2.82. The Morgan fingerprint density at radius 2 is 2.17 bits per heavy atom. The molecule has 0 aliphatic carbocycles. The molecule has 9 heteroatoms. The van der Waals surface area contributed by atoms with Gasteiger partial charge in [0.15, 0.2) is 0 Å². The normalized spacial score (nSPS) is 17.6. The highest BCUT2D eigenvalue weighted by Gasteiger charge is 2.33. The zero-order valence-corrected chi connectivity index (χ0v) is 12.9. The molecule has 2 aromatic rings. The number of nitrogens with zero attached hydrogens (tertiary/aromatic N) is 3. The van der Waals surface area contributed by atoms with Gasteiger partial charge in [0.1, 0.15) is 23.2 Å². The number of nitrogens with one attached hydrogen (secondary N) is 1. The number of halogens is 4. The van der Waals surface area contributed by atoms with Gasteiger partial charge < -0.3 is 10.1 Å². The van der Waals surface area contributed by atoms with Crippen LogP contribution in [0.2, 0.25) is 0 Å². The molecule has 130 valence electrons. The third-order valence-corrected chi connectivity index (χ3v) is 3.81. The molecule has 0 amide bonds. The van der Waals surface area contributed by atoms with Crippen molar-refractivity contribution in [1.82, 2.24) is 20.1 Å². The molecule has 3 rings (SSSR count). The molecule has 0 fully saturated rings. The van der Waals surface area contributed by atoms with Gasteiger partial charge in [-0.05, 0) is 31.9 Å². The minimum atomic E-state index is -4.87. The molecule has 0 saturated heterocycles. The predicted octanol–water partition coefficient (Wildman–Crippen LogP) is 3.25. The Morgan fingerprint density at radius 1 is 1.38 bits per heavy atom. The van der Waals surface area contributed by atoms with Crippen molar-refractivity contribution in [3.8, 4) is 5.75 Å². The molecule has 0 spiro atoms. The monoisotopic (exact) mass is 344 g/mol. The van der Waals surface area contributed by atoms with Crippen LogP contribution in [-0.4, -0.2) is 21.1 Å². The highest BCUT2D eigenvalue weighted by molar-refractivity contribution is 5.35. The minimum Gasteiger partial charge on any atom is -0.405 e. The predicted molar refractivity (Wildman–Crippen MR) is 76.7 cm³/mol. The summed E-state index contributed by atoms with van der Waals surface area (Å²) in [4.78, 5) is 4.33. The summed E-state index contributed by atoms with van der Waals surface area (Å²) in [6.07, 6.45) is -3.26. The second kappa shape index (κ2) is 6.39. The topological polar surface area (TPSA) is 52.0 Å². The molecule has 0 radical (unpaired) electrons. The Labute approximate surface area is 135 Å². The average Bonchev–Trinajstić information content (AvgIpc) is 2.86. The van der Waals surface area contributed by atoms with Crippen molar-refractivity contribution in [1.29, 1.82) is 0 Å². The number of benzene rings is 1. The first-order valence-electron chi connectivity index (χ1n) is 7.51. The Hall–Kier alpha value is -2.16. The van der Waals surface area contributed by atoms with Crippen LogP contribution in [0.1, 0.15) is 36.1 Å². The van der Waals surface area contributed by atoms with Crippen molar-refractivity contribution in [3.05, 3.63) is 41.2 Å². The lowest BCUT2D eigenvalue weighted by Crippen LogP contribution is -2.29. The first kappa shape index (κ1) is 16.7. The van der Waals surface area contributed by atoms with Crippen LogP contribution in [0.15, 0.2) is 18.2 Å². The van der Waals surface area contributed by atoms with Gasteiger partial charge in [0.2, 0.25) is 0 Å². The van der Waals surface area contributed by atoms with Gasteiger partial charge >= 0.3 is 6.36 Å². The lowest BCUT2D eigenvalue weighted by atomic mass is 10.1. The van der Waals surface area contributed by atoms with E-state index in [-0.39, 0.29) is 18.2 Å². The third-order valence-electron chi connectivity index (χ3n) is 3.81. The lowest BCUT2D eigenvalue weighted by molar-refractivity contribution is -0.275. The Balaban J connectivity index is 1.78. The molecule has 1 unspecified atom stereocenters. The quantitative estimate of drug-likeness (QED) is 0.865. The number of hydrogen-bond acceptors (Lipinski definition) is 4. The van der Waals surface area contributed by atoms with Crippen LogP contribution in [0.3, 0.4) is 0 Å². The van der Waals surface area contributed by atoms with Crippen LogP contribution in [0.25, 0.3) is 0 Å². The van der Waals surface area contributed by atoms with Crippen molar-refractivity contribution in [2.75, 3.05) is 0 Å². The standard InChI is InChI=1S/C15H16F4N4O/c1-9-21-14-12(5-3-7-23(14)22-9)20-8-10-11(16)4-2-6-13(10)24-15(17,18)19/h2,4,6,12,20H,3,5,7-8H2,1H3. The lowest BCUT2D eigenvalue weighted by Gasteiger charge is -2.24. The number of ether oxygens (including phenoxy) is 1. The van der Waals surface area contributed by atoms with Gasteiger partial charge in [-0.2, -0.15) is 5.10 Å². The molecule has 0 bridgehead atoms. The van der Waals surface area contributed by atoms with Gasteiger partial charge in [-0.1, -0.05) is 6.07 Å². The largest absolute Gasteiger partial charge is 0.573 e. The second-order valence-corrected chi connectivity index (χ2v) is 5.58. The molecule has 1 N–H and O–H groups in total. The zero-order valence-electron chi connectivity index (χ0n) is 12.9. The maximum atomic E-state index is 14.0. The Kier molecular flexibility index (Phi) is 4.44. The Bertz CT molecular complexity index is 729. The molecule has 1 aliphatic rings. The SMILES string of the molecule is Cc1nc2n(n1)CCCC2NCc1c(F)cccc1OC(F)(F)F. The van der Waals surface area contributed by atoms with E-state index in [4.69, 9.17) is 0 Å². The van der Waals surface area contributed by atoms with Crippen molar-refractivity contribution in [3.63, 3.8) is 0 Å². The van der Waals surface area contributed by atoms with Crippen LogP contribution in [0.4, 0.5) is 17.6 Å². The Morgan fingerprint density at radius 3 is 2.92 bits per heavy atom. The zero-order chi connectivity index (χ0) is 17.3. The summed E-state index contributed by atoms with van der Waals surface area (Å²) in [5.74, 6) is 0.0558. The van der Waals surface area contributed by atoms with Crippen LogP contribution in [0.5, 0.6) is 5.75 Å². The maximum Gasteiger partial charge on any atom is 0.573 e. The van der Waals surface area contributed by atoms with Crippen LogP contribution >= 0.6 is 0 Å². The number of aromatic nitrogens is 3. The van der Waals surface area contributed by atoms with Gasteiger partial charge in [0, 0.05) is 18.7 Å². The summed E-state index contributed by atoms with van der Waals surface area (Å²) >= 11 is 0. The molecule has 1 aromatic heterocycles. The van der Waals surface area contributed by atoms with E-state index < -0.39 is 17.9 Å². The van der Waals surface area contributed by atoms with Crippen LogP contribution in [0, 0.1) is 12.7 Å². The van der Waals surface area contributed by atoms with Crippen molar-refractivity contribution in [2.24, 2.45) is 0 Å². The molecular weight excluding hydrogens is 328 g/mol. The van der Waals surface area contributed by atoms with E-state index in [2.05, 4.69) is 20.1 Å². The second-order valence-electron chi connectivity index (χ2n) is 5.58. The average molecular weight is 344 g/mol. The van der Waals surface area contributed by atoms with Crippen LogP contribution < -0.4 is 10.1 Å². The fraction of sp³-hybridized carbons (Fsp3) is 0.467. The molecule has 2 heterocycles. The molecule has 1 aromatic carbocycles. The van der Waals surface area contributed by atoms with Crippen molar-refractivity contribution in [2.45, 2.75) is 45.3 Å². The van der Waals surface area contributed by atoms with E-state index >= 15 is 0 Å². The summed E-state index contributed by atoms with van der Waals surface area (Å²) in [6, 6.07) is 3.19. The summed E-state index contributed by atoms with van der Waals surface area (Å²) in [5, 5.41) is 7.32. The summed E-state index contributed by atoms with van der Waals surface area (Å²) < 4.78 is 57.0. The fourth-order valence-corrected chi connectivity index (χ4v) is 2.82. The van der Waals surface area contributed by atoms with Gasteiger partial charge in [-0.25, -0.2) is 14.1 Å². The van der Waals surface area contributed by atoms with Gasteiger partial charge in [0.25, 0.3) is 0 Å². The molecule has 1 atom stereocenters. The molecular formula is C15H16F4N4O. The number of aryl methyl sites for hydroxylation is 2. The number of rotatable bonds is 4. The number of alkyl halides is 3. The van der Waals surface area contributed by atoms with E-state index in [1.807, 2.05) is 0 Å². The first-order valence-corrected chi connectivity index (χ1v) is 7.51. The van der Waals surface area contributed by atoms with Crippen molar-refractivity contribution < 1.29 is 22.3 Å². The molecule has 0 saturated carbocycles. The maximum absolute atomic E-state index is 14.0. The minimum absolute atomic E-state index is 0.103. The first-order chi connectivity index (χ1) is 11.3. The molecule has 24 heavy (non-hydrogen) atoms. The summed E-state index contributed by atoms with van der Waals surface area (Å²) in [7, 11) is 0. The highest BCUT2D eigenvalue weighted by Crippen LogP contribution is 2.29. The summed E-state index contributed by atoms with van der Waals surface area (Å²) in [5.41, 5.74) is -0.164. The van der Waals surface area contributed by atoms with E-state index in [1.54, 1.807) is 11.6 Å². The third kappa shape index (κ3) is 3.66. The van der Waals surface area contributed by atoms with Crippen molar-refractivity contribution >= 4 is 0 Å².